The molecule has 1 rings (SSSR count). The minimum atomic E-state index is 0.397. The number of hydrogen-bond acceptors (Lipinski definition) is 3. The Morgan fingerprint density at radius 1 is 1.46 bits per heavy atom. The summed E-state index contributed by atoms with van der Waals surface area (Å²) in [6.07, 6.45) is 1.04. The smallest absolute Gasteiger partial charge is 0.110 e. The quantitative estimate of drug-likeness (QED) is 0.804. The van der Waals surface area contributed by atoms with Crippen molar-refractivity contribution in [1.82, 2.24) is 10.3 Å². The van der Waals surface area contributed by atoms with Gasteiger partial charge in [0.1, 0.15) is 5.01 Å². The number of nitrogens with one attached hydrogen (secondary N) is 1. The Hall–Kier alpha value is -0.410. The Kier molecular flexibility index (Phi) is 3.88. The van der Waals surface area contributed by atoms with Gasteiger partial charge in [0.15, 0.2) is 0 Å². The normalized spacial score (nSPS) is 13.2. The summed E-state index contributed by atoms with van der Waals surface area (Å²) in [5, 5.41) is 4.59. The molecule has 1 aromatic heterocycles. The minimum Gasteiger partial charge on any atom is -0.308 e. The van der Waals surface area contributed by atoms with Crippen LogP contribution in [0.15, 0.2) is 0 Å². The fourth-order valence-electron chi connectivity index (χ4n) is 1.36. The molecule has 0 aliphatic heterocycles. The highest BCUT2D eigenvalue weighted by atomic mass is 32.1. The summed E-state index contributed by atoms with van der Waals surface area (Å²) in [5.74, 6) is 0. The molecule has 2 nitrogen and oxygen atoms in total. The number of thiazole rings is 1. The Morgan fingerprint density at radius 2 is 2.15 bits per heavy atom. The van der Waals surface area contributed by atoms with Gasteiger partial charge >= 0.3 is 0 Å². The molecule has 1 heterocycles. The SMILES string of the molecule is CCNC(C)c1nc(CC)c(C)s1. The summed E-state index contributed by atoms with van der Waals surface area (Å²) in [4.78, 5) is 5.97. The standard InChI is InChI=1S/C10H18N2S/c1-5-9-8(4)13-10(12-9)7(3)11-6-2/h7,11H,5-6H2,1-4H3. The molecule has 0 spiro atoms. The van der Waals surface area contributed by atoms with Crippen LogP contribution in [0.4, 0.5) is 0 Å². The van der Waals surface area contributed by atoms with Gasteiger partial charge in [-0.05, 0) is 26.8 Å². The molecule has 1 unspecified atom stereocenters. The fourth-order valence-corrected chi connectivity index (χ4v) is 2.39. The topological polar surface area (TPSA) is 24.9 Å². The lowest BCUT2D eigenvalue weighted by molar-refractivity contribution is 0.593. The van der Waals surface area contributed by atoms with Crippen molar-refractivity contribution in [2.24, 2.45) is 0 Å². The molecule has 0 amide bonds. The molecule has 0 aliphatic rings. The monoisotopic (exact) mass is 198 g/mol. The first-order valence-corrected chi connectivity index (χ1v) is 5.70. The van der Waals surface area contributed by atoms with E-state index in [2.05, 4.69) is 38.0 Å². The zero-order valence-corrected chi connectivity index (χ0v) is 9.66. The molecule has 0 bridgehead atoms. The second-order valence-electron chi connectivity index (χ2n) is 3.19. The zero-order valence-electron chi connectivity index (χ0n) is 8.85. The van der Waals surface area contributed by atoms with Crippen molar-refractivity contribution in [1.29, 1.82) is 0 Å². The van der Waals surface area contributed by atoms with Crippen molar-refractivity contribution in [2.45, 2.75) is 40.2 Å². The van der Waals surface area contributed by atoms with E-state index in [-0.39, 0.29) is 0 Å². The maximum absolute atomic E-state index is 4.60. The summed E-state index contributed by atoms with van der Waals surface area (Å²) in [5.41, 5.74) is 1.25. The molecule has 0 saturated heterocycles. The van der Waals surface area contributed by atoms with E-state index in [1.807, 2.05) is 11.3 Å². The Balaban J connectivity index is 2.77. The van der Waals surface area contributed by atoms with Gasteiger partial charge in [0.2, 0.25) is 0 Å². The van der Waals surface area contributed by atoms with Crippen molar-refractivity contribution >= 4 is 11.3 Å². The van der Waals surface area contributed by atoms with Crippen LogP contribution >= 0.6 is 11.3 Å². The third-order valence-corrected chi connectivity index (χ3v) is 3.32. The lowest BCUT2D eigenvalue weighted by atomic mass is 10.3. The highest BCUT2D eigenvalue weighted by molar-refractivity contribution is 7.11. The molecule has 0 fully saturated rings. The van der Waals surface area contributed by atoms with Crippen molar-refractivity contribution < 1.29 is 0 Å². The van der Waals surface area contributed by atoms with Crippen molar-refractivity contribution in [3.8, 4) is 0 Å². The van der Waals surface area contributed by atoms with Crippen molar-refractivity contribution in [2.75, 3.05) is 6.54 Å². The van der Waals surface area contributed by atoms with Gasteiger partial charge in [0, 0.05) is 4.88 Å². The molecular formula is C10H18N2S. The Labute approximate surface area is 84.4 Å². The number of nitrogens with zero attached hydrogens (tertiary/aromatic N) is 1. The van der Waals surface area contributed by atoms with E-state index in [0.29, 0.717) is 6.04 Å². The minimum absolute atomic E-state index is 0.397. The first kappa shape index (κ1) is 10.7. The molecule has 1 N–H and O–H groups in total. The summed E-state index contributed by atoms with van der Waals surface area (Å²) in [6, 6.07) is 0.397. The molecule has 0 aromatic carbocycles. The lowest BCUT2D eigenvalue weighted by Crippen LogP contribution is -2.17. The molecule has 1 atom stereocenters. The molecule has 0 aliphatic carbocycles. The lowest BCUT2D eigenvalue weighted by Gasteiger charge is -2.07. The van der Waals surface area contributed by atoms with Crippen LogP contribution in [0.3, 0.4) is 0 Å². The molecule has 1 aromatic rings. The van der Waals surface area contributed by atoms with Gasteiger partial charge in [-0.15, -0.1) is 11.3 Å². The zero-order chi connectivity index (χ0) is 9.84. The van der Waals surface area contributed by atoms with Crippen molar-refractivity contribution in [3.63, 3.8) is 0 Å². The van der Waals surface area contributed by atoms with Crippen LogP contribution in [0.2, 0.25) is 0 Å². The number of aryl methyl sites for hydroxylation is 2. The predicted molar refractivity (Wildman–Crippen MR) is 58.3 cm³/mol. The highest BCUT2D eigenvalue weighted by Crippen LogP contribution is 2.23. The molecule has 13 heavy (non-hydrogen) atoms. The summed E-state index contributed by atoms with van der Waals surface area (Å²) >= 11 is 1.81. The van der Waals surface area contributed by atoms with Crippen LogP contribution in [0.25, 0.3) is 0 Å². The number of aromatic nitrogens is 1. The summed E-state index contributed by atoms with van der Waals surface area (Å²) in [6.45, 7) is 9.60. The average Bonchev–Trinajstić information content (AvgIpc) is 2.47. The maximum Gasteiger partial charge on any atom is 0.110 e. The van der Waals surface area contributed by atoms with Crippen LogP contribution in [0.1, 0.15) is 42.4 Å². The van der Waals surface area contributed by atoms with Crippen LogP contribution in [0.5, 0.6) is 0 Å². The summed E-state index contributed by atoms with van der Waals surface area (Å²) < 4.78 is 0. The van der Waals surface area contributed by atoms with E-state index in [1.165, 1.54) is 15.6 Å². The van der Waals surface area contributed by atoms with Gasteiger partial charge in [-0.25, -0.2) is 4.98 Å². The molecule has 74 valence electrons. The first-order valence-electron chi connectivity index (χ1n) is 4.88. The highest BCUT2D eigenvalue weighted by Gasteiger charge is 2.10. The molecule has 0 saturated carbocycles. The van der Waals surface area contributed by atoms with E-state index < -0.39 is 0 Å². The molecular weight excluding hydrogens is 180 g/mol. The van der Waals surface area contributed by atoms with Crippen LogP contribution in [-0.4, -0.2) is 11.5 Å². The number of hydrogen-bond donors (Lipinski definition) is 1. The third kappa shape index (κ3) is 2.51. The number of rotatable bonds is 4. The Morgan fingerprint density at radius 3 is 2.62 bits per heavy atom. The molecule has 3 heteroatoms. The second-order valence-corrected chi connectivity index (χ2v) is 4.42. The van der Waals surface area contributed by atoms with Crippen molar-refractivity contribution in [3.05, 3.63) is 15.6 Å². The maximum atomic E-state index is 4.60. The Bertz CT molecular complexity index is 268. The van der Waals surface area contributed by atoms with Crippen LogP contribution < -0.4 is 5.32 Å². The summed E-state index contributed by atoms with van der Waals surface area (Å²) in [7, 11) is 0. The van der Waals surface area contributed by atoms with Gasteiger partial charge in [0.05, 0.1) is 11.7 Å². The van der Waals surface area contributed by atoms with Gasteiger partial charge in [-0.1, -0.05) is 13.8 Å². The average molecular weight is 198 g/mol. The van der Waals surface area contributed by atoms with E-state index >= 15 is 0 Å². The van der Waals surface area contributed by atoms with Gasteiger partial charge in [-0.2, -0.15) is 0 Å². The second kappa shape index (κ2) is 4.72. The van der Waals surface area contributed by atoms with E-state index in [9.17, 15) is 0 Å². The van der Waals surface area contributed by atoms with Crippen LogP contribution in [0, 0.1) is 6.92 Å². The van der Waals surface area contributed by atoms with Gasteiger partial charge < -0.3 is 5.32 Å². The van der Waals surface area contributed by atoms with Crippen LogP contribution in [-0.2, 0) is 6.42 Å². The van der Waals surface area contributed by atoms with E-state index in [1.54, 1.807) is 0 Å². The first-order chi connectivity index (χ1) is 6.19. The van der Waals surface area contributed by atoms with E-state index in [4.69, 9.17) is 0 Å². The molecule has 0 radical (unpaired) electrons. The predicted octanol–water partition coefficient (Wildman–Crippen LogP) is 2.68. The third-order valence-electron chi connectivity index (χ3n) is 2.12. The van der Waals surface area contributed by atoms with Gasteiger partial charge in [0.25, 0.3) is 0 Å². The fraction of sp³-hybridized carbons (Fsp3) is 0.700. The van der Waals surface area contributed by atoms with Gasteiger partial charge in [-0.3, -0.25) is 0 Å². The van der Waals surface area contributed by atoms with E-state index in [0.717, 1.165) is 13.0 Å². The largest absolute Gasteiger partial charge is 0.308 e.